The van der Waals surface area contributed by atoms with Gasteiger partial charge in [-0.2, -0.15) is 5.26 Å². The second kappa shape index (κ2) is 12.7. The molecule has 238 valence electrons. The average Bonchev–Trinajstić information content (AvgIpc) is 3.60. The van der Waals surface area contributed by atoms with Crippen molar-refractivity contribution in [3.63, 3.8) is 0 Å². The second-order valence-electron chi connectivity index (χ2n) is 12.4. The van der Waals surface area contributed by atoms with Crippen LogP contribution >= 0.6 is 0 Å². The minimum atomic E-state index is 0.544. The Morgan fingerprint density at radius 1 is 0.392 bits per heavy atom. The summed E-state index contributed by atoms with van der Waals surface area (Å²) in [5.41, 5.74) is 11.0. The molecular weight excluding hydrogens is 625 g/mol. The van der Waals surface area contributed by atoms with Crippen LogP contribution < -0.4 is 0 Å². The second-order valence-corrected chi connectivity index (χ2v) is 12.4. The van der Waals surface area contributed by atoms with Gasteiger partial charge in [-0.05, 0) is 81.9 Å². The molecule has 2 aromatic heterocycles. The van der Waals surface area contributed by atoms with Crippen LogP contribution in [0.5, 0.6) is 0 Å². The lowest BCUT2D eigenvalue weighted by Gasteiger charge is -2.12. The first-order valence-corrected chi connectivity index (χ1v) is 16.7. The molecule has 9 aromatic rings. The van der Waals surface area contributed by atoms with Gasteiger partial charge < -0.3 is 4.42 Å². The summed E-state index contributed by atoms with van der Waals surface area (Å²) in [7, 11) is 0. The van der Waals surface area contributed by atoms with E-state index in [1.54, 1.807) is 0 Å². The standard InChI is InChI=1S/C46H28N4O/c47-29-30-12-10-19-34(24-30)37-25-36(31-13-4-1-5-14-31)26-38(27-37)46-49-44(33-17-8-3-9-18-33)48-45(50-46)35-22-23-40-42(28-35)51-41-21-11-20-39(43(40)41)32-15-6-2-7-16-32/h1-28H. The molecule has 0 amide bonds. The van der Waals surface area contributed by atoms with Crippen LogP contribution in [0.1, 0.15) is 5.56 Å². The highest BCUT2D eigenvalue weighted by Gasteiger charge is 2.18. The Balaban J connectivity index is 1.24. The van der Waals surface area contributed by atoms with Gasteiger partial charge in [-0.1, -0.05) is 121 Å². The fourth-order valence-electron chi connectivity index (χ4n) is 6.66. The lowest BCUT2D eigenvalue weighted by atomic mass is 9.95. The molecular formula is C46H28N4O. The molecule has 0 unspecified atom stereocenters. The number of hydrogen-bond donors (Lipinski definition) is 0. The van der Waals surface area contributed by atoms with Gasteiger partial charge in [-0.25, -0.2) is 15.0 Å². The first kappa shape index (κ1) is 29.9. The predicted molar refractivity (Wildman–Crippen MR) is 204 cm³/mol. The minimum absolute atomic E-state index is 0.544. The molecule has 0 atom stereocenters. The van der Waals surface area contributed by atoms with E-state index in [4.69, 9.17) is 19.4 Å². The van der Waals surface area contributed by atoms with Crippen LogP contribution in [-0.2, 0) is 0 Å². The Kier molecular flexibility index (Phi) is 7.46. The Morgan fingerprint density at radius 3 is 1.67 bits per heavy atom. The largest absolute Gasteiger partial charge is 0.456 e. The molecule has 51 heavy (non-hydrogen) atoms. The van der Waals surface area contributed by atoms with Crippen molar-refractivity contribution < 1.29 is 4.42 Å². The SMILES string of the molecule is N#Cc1cccc(-c2cc(-c3ccccc3)cc(-c3nc(-c4ccccc4)nc(-c4ccc5c(c4)oc4cccc(-c6ccccc6)c45)n3)c2)c1. The predicted octanol–water partition coefficient (Wildman–Crippen LogP) is 11.6. The lowest BCUT2D eigenvalue weighted by molar-refractivity contribution is 0.669. The Hall–Kier alpha value is -7.16. The summed E-state index contributed by atoms with van der Waals surface area (Å²) in [5.74, 6) is 1.66. The van der Waals surface area contributed by atoms with Gasteiger partial charge in [0.2, 0.25) is 0 Å². The number of hydrogen-bond acceptors (Lipinski definition) is 5. The summed E-state index contributed by atoms with van der Waals surface area (Å²) in [5, 5.41) is 11.8. The van der Waals surface area contributed by atoms with E-state index in [1.165, 1.54) is 0 Å². The van der Waals surface area contributed by atoms with E-state index in [0.29, 0.717) is 23.0 Å². The number of benzene rings is 7. The maximum atomic E-state index is 9.64. The number of fused-ring (bicyclic) bond motifs is 3. The minimum Gasteiger partial charge on any atom is -0.456 e. The number of nitriles is 1. The molecule has 5 heteroatoms. The lowest BCUT2D eigenvalue weighted by Crippen LogP contribution is -2.00. The van der Waals surface area contributed by atoms with Gasteiger partial charge in [-0.3, -0.25) is 0 Å². The normalized spacial score (nSPS) is 11.1. The zero-order valence-corrected chi connectivity index (χ0v) is 27.4. The third-order valence-electron chi connectivity index (χ3n) is 9.13. The quantitative estimate of drug-likeness (QED) is 0.179. The van der Waals surface area contributed by atoms with Gasteiger partial charge in [0.05, 0.1) is 11.6 Å². The van der Waals surface area contributed by atoms with Crippen molar-refractivity contribution in [1.29, 1.82) is 5.26 Å². The molecule has 0 bridgehead atoms. The molecule has 0 spiro atoms. The number of nitrogens with zero attached hydrogens (tertiary/aromatic N) is 4. The van der Waals surface area contributed by atoms with Gasteiger partial charge in [-0.15, -0.1) is 0 Å². The van der Waals surface area contributed by atoms with Crippen molar-refractivity contribution in [2.75, 3.05) is 0 Å². The van der Waals surface area contributed by atoms with E-state index in [1.807, 2.05) is 97.1 Å². The number of aromatic nitrogens is 3. The first-order valence-electron chi connectivity index (χ1n) is 16.7. The first-order chi connectivity index (χ1) is 25.2. The molecule has 9 rings (SSSR count). The van der Waals surface area contributed by atoms with Crippen molar-refractivity contribution >= 4 is 21.9 Å². The van der Waals surface area contributed by atoms with E-state index in [-0.39, 0.29) is 0 Å². The molecule has 2 heterocycles. The van der Waals surface area contributed by atoms with Crippen molar-refractivity contribution in [2.24, 2.45) is 0 Å². The Morgan fingerprint density at radius 2 is 0.961 bits per heavy atom. The maximum Gasteiger partial charge on any atom is 0.164 e. The van der Waals surface area contributed by atoms with Crippen molar-refractivity contribution in [2.45, 2.75) is 0 Å². The summed E-state index contributed by atoms with van der Waals surface area (Å²) in [6, 6.07) is 59.3. The third kappa shape index (κ3) is 5.71. The highest BCUT2D eigenvalue weighted by Crippen LogP contribution is 2.39. The van der Waals surface area contributed by atoms with Crippen LogP contribution in [-0.4, -0.2) is 15.0 Å². The van der Waals surface area contributed by atoms with Gasteiger partial charge in [0.25, 0.3) is 0 Å². The maximum absolute atomic E-state index is 9.64. The van der Waals surface area contributed by atoms with Gasteiger partial charge in [0, 0.05) is 27.5 Å². The Labute approximate surface area is 294 Å². The van der Waals surface area contributed by atoms with Crippen LogP contribution in [0.3, 0.4) is 0 Å². The summed E-state index contributed by atoms with van der Waals surface area (Å²) in [4.78, 5) is 15.2. The molecule has 0 fully saturated rings. The van der Waals surface area contributed by atoms with E-state index in [9.17, 15) is 5.26 Å². The van der Waals surface area contributed by atoms with Crippen LogP contribution in [0.2, 0.25) is 0 Å². The van der Waals surface area contributed by atoms with Gasteiger partial charge >= 0.3 is 0 Å². The van der Waals surface area contributed by atoms with Crippen molar-refractivity contribution in [3.05, 3.63) is 175 Å². The molecule has 5 nitrogen and oxygen atoms in total. The number of furan rings is 1. The monoisotopic (exact) mass is 652 g/mol. The van der Waals surface area contributed by atoms with E-state index in [0.717, 1.165) is 72.0 Å². The van der Waals surface area contributed by atoms with E-state index >= 15 is 0 Å². The zero-order chi connectivity index (χ0) is 34.1. The smallest absolute Gasteiger partial charge is 0.164 e. The average molecular weight is 653 g/mol. The summed E-state index contributed by atoms with van der Waals surface area (Å²) < 4.78 is 6.46. The highest BCUT2D eigenvalue weighted by molar-refractivity contribution is 6.13. The highest BCUT2D eigenvalue weighted by atomic mass is 16.3. The zero-order valence-electron chi connectivity index (χ0n) is 27.4. The summed E-state index contributed by atoms with van der Waals surface area (Å²) >= 11 is 0. The molecule has 7 aromatic carbocycles. The van der Waals surface area contributed by atoms with Crippen LogP contribution in [0, 0.1) is 11.3 Å². The molecule has 0 aliphatic rings. The van der Waals surface area contributed by atoms with Crippen molar-refractivity contribution in [1.82, 2.24) is 15.0 Å². The topological polar surface area (TPSA) is 75.6 Å². The molecule has 0 saturated heterocycles. The molecule has 0 N–H and O–H groups in total. The molecule has 0 aliphatic carbocycles. The Bertz CT molecular complexity index is 2750. The van der Waals surface area contributed by atoms with E-state index < -0.39 is 0 Å². The molecule has 0 saturated carbocycles. The molecule has 0 aliphatic heterocycles. The molecule has 0 radical (unpaired) electrons. The van der Waals surface area contributed by atoms with E-state index in [2.05, 4.69) is 78.9 Å². The van der Waals surface area contributed by atoms with Gasteiger partial charge in [0.1, 0.15) is 11.2 Å². The van der Waals surface area contributed by atoms with Crippen LogP contribution in [0.25, 0.3) is 89.5 Å². The summed E-state index contributed by atoms with van der Waals surface area (Å²) in [6.45, 7) is 0. The third-order valence-corrected chi connectivity index (χ3v) is 9.13. The number of rotatable bonds is 6. The van der Waals surface area contributed by atoms with Crippen LogP contribution in [0.15, 0.2) is 174 Å². The summed E-state index contributed by atoms with van der Waals surface area (Å²) in [6.07, 6.45) is 0. The van der Waals surface area contributed by atoms with Gasteiger partial charge in [0.15, 0.2) is 17.5 Å². The van der Waals surface area contributed by atoms with Crippen LogP contribution in [0.4, 0.5) is 0 Å². The fraction of sp³-hybridized carbons (Fsp3) is 0. The fourth-order valence-corrected chi connectivity index (χ4v) is 6.66. The van der Waals surface area contributed by atoms with Crippen molar-refractivity contribution in [3.8, 4) is 73.6 Å².